The molecule has 1 N–H and O–H groups in total. The summed E-state index contributed by atoms with van der Waals surface area (Å²) in [7, 11) is 0. The van der Waals surface area contributed by atoms with Crippen LogP contribution in [-0.2, 0) is 4.74 Å². The van der Waals surface area contributed by atoms with Crippen molar-refractivity contribution in [2.45, 2.75) is 36.0 Å². The molecule has 0 spiro atoms. The highest BCUT2D eigenvalue weighted by Crippen LogP contribution is 2.43. The van der Waals surface area contributed by atoms with E-state index in [2.05, 4.69) is 9.71 Å². The number of nitrogens with one attached hydrogen (secondary N) is 1. The molecule has 3 rings (SSSR count). The molecule has 2 heterocycles. The smallest absolute Gasteiger partial charge is 0.300 e. The van der Waals surface area contributed by atoms with E-state index in [9.17, 15) is 0 Å². The molecule has 0 unspecified atom stereocenters. The summed E-state index contributed by atoms with van der Waals surface area (Å²) < 4.78 is 10.0. The number of hydrogen-bond donors (Lipinski definition) is 1. The van der Waals surface area contributed by atoms with Crippen molar-refractivity contribution in [1.82, 2.24) is 4.72 Å². The van der Waals surface area contributed by atoms with Crippen LogP contribution in [0.1, 0.15) is 25.7 Å². The normalized spacial score (nSPS) is 20.2. The van der Waals surface area contributed by atoms with E-state index < -0.39 is 0 Å². The summed E-state index contributed by atoms with van der Waals surface area (Å²) in [6, 6.07) is 0.602. The standard InChI is InChI=1S/C10H11ClN2OS2/c11-7-5-15-9-8(7)12-10(13-16-9)14-6-3-1-2-4-6/h5-6H,1-4H2,(H,12,13). The number of thiophene rings is 1. The number of rotatable bonds is 1. The van der Waals surface area contributed by atoms with Crippen LogP contribution in [0.25, 0.3) is 0 Å². The van der Waals surface area contributed by atoms with Crippen molar-refractivity contribution in [2.75, 3.05) is 0 Å². The van der Waals surface area contributed by atoms with E-state index >= 15 is 0 Å². The Morgan fingerprint density at radius 2 is 2.25 bits per heavy atom. The van der Waals surface area contributed by atoms with Gasteiger partial charge in [-0.1, -0.05) is 11.6 Å². The van der Waals surface area contributed by atoms with Crippen LogP contribution in [0.3, 0.4) is 0 Å². The molecule has 0 atom stereocenters. The van der Waals surface area contributed by atoms with Gasteiger partial charge < -0.3 is 4.74 Å². The topological polar surface area (TPSA) is 33.6 Å². The zero-order chi connectivity index (χ0) is 11.0. The van der Waals surface area contributed by atoms with Crippen molar-refractivity contribution in [3.63, 3.8) is 0 Å². The number of nitrogens with zero attached hydrogens (tertiary/aromatic N) is 1. The minimum absolute atomic E-state index is 0.325. The molecule has 1 aromatic rings. The summed E-state index contributed by atoms with van der Waals surface area (Å²) in [5.41, 5.74) is 0.850. The minimum Gasteiger partial charge on any atom is -0.461 e. The highest BCUT2D eigenvalue weighted by Gasteiger charge is 2.22. The van der Waals surface area contributed by atoms with Crippen molar-refractivity contribution >= 4 is 46.6 Å². The largest absolute Gasteiger partial charge is 0.461 e. The van der Waals surface area contributed by atoms with E-state index in [0.717, 1.165) is 22.7 Å². The van der Waals surface area contributed by atoms with Crippen molar-refractivity contribution in [2.24, 2.45) is 4.99 Å². The third-order valence-electron chi connectivity index (χ3n) is 2.71. The minimum atomic E-state index is 0.325. The Labute approximate surface area is 107 Å². The lowest BCUT2D eigenvalue weighted by Gasteiger charge is -2.18. The van der Waals surface area contributed by atoms with Gasteiger partial charge >= 0.3 is 6.02 Å². The third-order valence-corrected chi connectivity index (χ3v) is 5.09. The maximum absolute atomic E-state index is 6.05. The van der Waals surface area contributed by atoms with E-state index in [4.69, 9.17) is 16.3 Å². The lowest BCUT2D eigenvalue weighted by atomic mass is 10.3. The highest BCUT2D eigenvalue weighted by atomic mass is 35.5. The maximum Gasteiger partial charge on any atom is 0.300 e. The van der Waals surface area contributed by atoms with E-state index in [0.29, 0.717) is 17.1 Å². The van der Waals surface area contributed by atoms with Gasteiger partial charge in [-0.25, -0.2) is 0 Å². The SMILES string of the molecule is Clc1csc2c1N=C(OC1CCCC1)NS2. The fourth-order valence-corrected chi connectivity index (χ4v) is 3.87. The van der Waals surface area contributed by atoms with Crippen LogP contribution in [0.4, 0.5) is 5.69 Å². The Bertz CT molecular complexity index is 426. The first-order valence-electron chi connectivity index (χ1n) is 5.28. The quantitative estimate of drug-likeness (QED) is 0.787. The molecule has 0 radical (unpaired) electrons. The monoisotopic (exact) mass is 274 g/mol. The van der Waals surface area contributed by atoms with Gasteiger partial charge in [-0.3, -0.25) is 4.72 Å². The number of hydrogen-bond acceptors (Lipinski definition) is 5. The molecule has 1 aromatic heterocycles. The predicted molar refractivity (Wildman–Crippen MR) is 68.8 cm³/mol. The summed E-state index contributed by atoms with van der Waals surface area (Å²) >= 11 is 9.18. The number of aliphatic imine (C=N–C) groups is 1. The molecule has 2 aliphatic rings. The van der Waals surface area contributed by atoms with Crippen LogP contribution in [0.2, 0.25) is 5.02 Å². The van der Waals surface area contributed by atoms with Crippen LogP contribution in [0.5, 0.6) is 0 Å². The Morgan fingerprint density at radius 1 is 1.44 bits per heavy atom. The van der Waals surface area contributed by atoms with Gasteiger partial charge in [0, 0.05) is 17.3 Å². The van der Waals surface area contributed by atoms with Gasteiger partial charge in [0.2, 0.25) is 0 Å². The zero-order valence-electron chi connectivity index (χ0n) is 8.53. The fourth-order valence-electron chi connectivity index (χ4n) is 1.91. The average Bonchev–Trinajstić information content (AvgIpc) is 2.90. The maximum atomic E-state index is 6.05. The van der Waals surface area contributed by atoms with Crippen LogP contribution in [0.15, 0.2) is 14.6 Å². The second-order valence-electron chi connectivity index (χ2n) is 3.87. The van der Waals surface area contributed by atoms with Gasteiger partial charge in [-0.15, -0.1) is 11.3 Å². The molecule has 1 saturated carbocycles. The van der Waals surface area contributed by atoms with Crippen LogP contribution >= 0.6 is 34.9 Å². The molecular weight excluding hydrogens is 264 g/mol. The molecular formula is C10H11ClN2OS2. The lowest BCUT2D eigenvalue weighted by Crippen LogP contribution is -2.25. The van der Waals surface area contributed by atoms with Crippen molar-refractivity contribution < 1.29 is 4.74 Å². The molecule has 0 amide bonds. The average molecular weight is 275 g/mol. The number of fused-ring (bicyclic) bond motifs is 1. The molecule has 1 aliphatic carbocycles. The van der Waals surface area contributed by atoms with Crippen molar-refractivity contribution in [3.05, 3.63) is 10.4 Å². The molecule has 6 heteroatoms. The van der Waals surface area contributed by atoms with Gasteiger partial charge in [-0.2, -0.15) is 4.99 Å². The van der Waals surface area contributed by atoms with Crippen LogP contribution in [-0.4, -0.2) is 12.1 Å². The Kier molecular flexibility index (Phi) is 3.00. The van der Waals surface area contributed by atoms with Crippen molar-refractivity contribution in [1.29, 1.82) is 0 Å². The van der Waals surface area contributed by atoms with E-state index in [1.54, 1.807) is 11.3 Å². The summed E-state index contributed by atoms with van der Waals surface area (Å²) in [5, 5.41) is 2.62. The van der Waals surface area contributed by atoms with Gasteiger partial charge in [0.05, 0.1) is 5.02 Å². The molecule has 1 fully saturated rings. The second-order valence-corrected chi connectivity index (χ2v) is 6.23. The first-order valence-corrected chi connectivity index (χ1v) is 7.35. The first kappa shape index (κ1) is 10.7. The number of halogens is 1. The van der Waals surface area contributed by atoms with Crippen LogP contribution < -0.4 is 4.72 Å². The summed E-state index contributed by atoms with van der Waals surface area (Å²) in [6.07, 6.45) is 5.11. The number of ether oxygens (including phenoxy) is 1. The summed E-state index contributed by atoms with van der Waals surface area (Å²) in [4.78, 5) is 4.41. The molecule has 0 saturated heterocycles. The number of amidine groups is 1. The summed E-state index contributed by atoms with van der Waals surface area (Å²) in [6.45, 7) is 0. The van der Waals surface area contributed by atoms with Gasteiger partial charge in [0.15, 0.2) is 0 Å². The highest BCUT2D eigenvalue weighted by molar-refractivity contribution is 8.00. The molecule has 16 heavy (non-hydrogen) atoms. The van der Waals surface area contributed by atoms with Gasteiger partial charge in [0.25, 0.3) is 0 Å². The van der Waals surface area contributed by atoms with Crippen molar-refractivity contribution in [3.8, 4) is 0 Å². The molecule has 1 aliphatic heterocycles. The van der Waals surface area contributed by atoms with E-state index in [1.807, 2.05) is 5.38 Å². The summed E-state index contributed by atoms with van der Waals surface area (Å²) in [5.74, 6) is 0. The van der Waals surface area contributed by atoms with Gasteiger partial charge in [0.1, 0.15) is 16.0 Å². The Morgan fingerprint density at radius 3 is 3.06 bits per heavy atom. The van der Waals surface area contributed by atoms with E-state index in [-0.39, 0.29) is 0 Å². The van der Waals surface area contributed by atoms with E-state index in [1.165, 1.54) is 24.8 Å². The fraction of sp³-hybridized carbons (Fsp3) is 0.500. The second kappa shape index (κ2) is 4.47. The van der Waals surface area contributed by atoms with Crippen LogP contribution in [0, 0.1) is 0 Å². The predicted octanol–water partition coefficient (Wildman–Crippen LogP) is 3.96. The molecule has 0 aromatic carbocycles. The molecule has 86 valence electrons. The Hall–Kier alpha value is -0.390. The first-order chi connectivity index (χ1) is 7.83. The molecule has 0 bridgehead atoms. The van der Waals surface area contributed by atoms with Gasteiger partial charge in [-0.05, 0) is 25.7 Å². The zero-order valence-corrected chi connectivity index (χ0v) is 10.9. The lowest BCUT2D eigenvalue weighted by molar-refractivity contribution is 0.190. The third kappa shape index (κ3) is 2.04. The molecule has 3 nitrogen and oxygen atoms in total. The Balaban J connectivity index is 1.77.